The molecule has 2 atom stereocenters. The van der Waals surface area contributed by atoms with Crippen molar-refractivity contribution >= 4 is 0 Å². The zero-order chi connectivity index (χ0) is 11.3. The van der Waals surface area contributed by atoms with Gasteiger partial charge in [0.05, 0.1) is 12.6 Å². The molecule has 0 aromatic heterocycles. The van der Waals surface area contributed by atoms with Crippen LogP contribution in [0, 0.1) is 5.92 Å². The number of aliphatic hydroxyl groups is 1. The summed E-state index contributed by atoms with van der Waals surface area (Å²) in [5.74, 6) is 0.572. The van der Waals surface area contributed by atoms with Crippen molar-refractivity contribution in [1.82, 2.24) is 5.32 Å². The molecule has 2 heteroatoms. The number of nitrogens with one attached hydrogen (secondary N) is 1. The molecular formula is C13H21NO. The first-order chi connectivity index (χ1) is 7.15. The van der Waals surface area contributed by atoms with Crippen LogP contribution >= 0.6 is 0 Å². The Labute approximate surface area is 92.3 Å². The molecule has 0 heterocycles. The number of rotatable bonds is 5. The topological polar surface area (TPSA) is 32.3 Å². The molecule has 0 spiro atoms. The molecule has 15 heavy (non-hydrogen) atoms. The summed E-state index contributed by atoms with van der Waals surface area (Å²) in [7, 11) is 0. The van der Waals surface area contributed by atoms with E-state index in [1.807, 2.05) is 30.3 Å². The highest BCUT2D eigenvalue weighted by Crippen LogP contribution is 2.14. The Kier molecular flexibility index (Phi) is 4.79. The average Bonchev–Trinajstić information content (AvgIpc) is 2.26. The van der Waals surface area contributed by atoms with Crippen molar-refractivity contribution in [3.63, 3.8) is 0 Å². The van der Waals surface area contributed by atoms with Crippen molar-refractivity contribution in [2.45, 2.75) is 32.9 Å². The van der Waals surface area contributed by atoms with Gasteiger partial charge in [-0.3, -0.25) is 0 Å². The molecule has 1 aromatic rings. The Morgan fingerprint density at radius 1 is 1.13 bits per heavy atom. The lowest BCUT2D eigenvalue weighted by Gasteiger charge is -2.24. The molecule has 0 fully saturated rings. The zero-order valence-electron chi connectivity index (χ0n) is 9.77. The first-order valence-corrected chi connectivity index (χ1v) is 5.57. The van der Waals surface area contributed by atoms with Gasteiger partial charge in [-0.25, -0.2) is 0 Å². The van der Waals surface area contributed by atoms with Gasteiger partial charge in [0, 0.05) is 6.04 Å². The quantitative estimate of drug-likeness (QED) is 0.777. The fraction of sp³-hybridized carbons (Fsp3) is 0.538. The summed E-state index contributed by atoms with van der Waals surface area (Å²) in [6.07, 6.45) is 0. The van der Waals surface area contributed by atoms with Gasteiger partial charge < -0.3 is 10.4 Å². The first-order valence-electron chi connectivity index (χ1n) is 5.57. The van der Waals surface area contributed by atoms with Crippen LogP contribution in [0.1, 0.15) is 32.4 Å². The van der Waals surface area contributed by atoms with Crippen LogP contribution in [0.2, 0.25) is 0 Å². The van der Waals surface area contributed by atoms with Crippen molar-refractivity contribution in [3.05, 3.63) is 35.9 Å². The van der Waals surface area contributed by atoms with Crippen molar-refractivity contribution in [2.24, 2.45) is 5.92 Å². The molecule has 84 valence electrons. The minimum Gasteiger partial charge on any atom is -0.394 e. The van der Waals surface area contributed by atoms with Gasteiger partial charge >= 0.3 is 0 Å². The SMILES string of the molecule is CC(C)[C@H](C)N[C@H](CO)c1ccccc1. The van der Waals surface area contributed by atoms with E-state index in [2.05, 4.69) is 26.1 Å². The minimum atomic E-state index is 0.0450. The van der Waals surface area contributed by atoms with Crippen LogP contribution < -0.4 is 5.32 Å². The van der Waals surface area contributed by atoms with E-state index in [4.69, 9.17) is 0 Å². The molecule has 0 aliphatic carbocycles. The summed E-state index contributed by atoms with van der Waals surface area (Å²) in [5, 5.41) is 12.8. The maximum Gasteiger partial charge on any atom is 0.0626 e. The summed E-state index contributed by atoms with van der Waals surface area (Å²) >= 11 is 0. The highest BCUT2D eigenvalue weighted by atomic mass is 16.3. The molecule has 0 aliphatic rings. The van der Waals surface area contributed by atoms with E-state index >= 15 is 0 Å². The maximum absolute atomic E-state index is 9.35. The van der Waals surface area contributed by atoms with Gasteiger partial charge in [-0.2, -0.15) is 0 Å². The molecule has 1 rings (SSSR count). The van der Waals surface area contributed by atoms with Gasteiger partial charge in [-0.1, -0.05) is 44.2 Å². The van der Waals surface area contributed by atoms with Gasteiger partial charge in [-0.15, -0.1) is 0 Å². The molecule has 0 radical (unpaired) electrons. The smallest absolute Gasteiger partial charge is 0.0626 e. The van der Waals surface area contributed by atoms with E-state index in [1.165, 1.54) is 0 Å². The van der Waals surface area contributed by atoms with E-state index in [9.17, 15) is 5.11 Å². The van der Waals surface area contributed by atoms with Crippen LogP contribution in [-0.4, -0.2) is 17.8 Å². The molecule has 2 N–H and O–H groups in total. The Balaban J connectivity index is 2.65. The predicted octanol–water partition coefficient (Wildman–Crippen LogP) is 2.35. The van der Waals surface area contributed by atoms with E-state index < -0.39 is 0 Å². The molecule has 1 aromatic carbocycles. The third-order valence-corrected chi connectivity index (χ3v) is 2.85. The Hall–Kier alpha value is -0.860. The first kappa shape index (κ1) is 12.2. The van der Waals surface area contributed by atoms with Crippen molar-refractivity contribution in [3.8, 4) is 0 Å². The summed E-state index contributed by atoms with van der Waals surface area (Å²) in [6.45, 7) is 6.64. The minimum absolute atomic E-state index is 0.0450. The summed E-state index contributed by atoms with van der Waals surface area (Å²) < 4.78 is 0. The Bertz CT molecular complexity index is 271. The van der Waals surface area contributed by atoms with Crippen molar-refractivity contribution in [2.75, 3.05) is 6.61 Å². The molecular weight excluding hydrogens is 186 g/mol. The normalized spacial score (nSPS) is 15.3. The number of aliphatic hydroxyl groups excluding tert-OH is 1. The fourth-order valence-electron chi connectivity index (χ4n) is 1.45. The van der Waals surface area contributed by atoms with Gasteiger partial charge in [-0.05, 0) is 18.4 Å². The Morgan fingerprint density at radius 3 is 2.20 bits per heavy atom. The van der Waals surface area contributed by atoms with Crippen LogP contribution in [0.3, 0.4) is 0 Å². The lowest BCUT2D eigenvalue weighted by atomic mass is 10.0. The number of benzene rings is 1. The van der Waals surface area contributed by atoms with Crippen LogP contribution in [0.25, 0.3) is 0 Å². The van der Waals surface area contributed by atoms with Crippen molar-refractivity contribution in [1.29, 1.82) is 0 Å². The Morgan fingerprint density at radius 2 is 1.73 bits per heavy atom. The van der Waals surface area contributed by atoms with Gasteiger partial charge in [0.1, 0.15) is 0 Å². The monoisotopic (exact) mass is 207 g/mol. The van der Waals surface area contributed by atoms with Gasteiger partial charge in [0.25, 0.3) is 0 Å². The summed E-state index contributed by atoms with van der Waals surface area (Å²) in [4.78, 5) is 0. The third-order valence-electron chi connectivity index (χ3n) is 2.85. The van der Waals surface area contributed by atoms with Gasteiger partial charge in [0.2, 0.25) is 0 Å². The third kappa shape index (κ3) is 3.65. The largest absolute Gasteiger partial charge is 0.394 e. The van der Waals surface area contributed by atoms with E-state index in [-0.39, 0.29) is 12.6 Å². The second-order valence-electron chi connectivity index (χ2n) is 4.35. The van der Waals surface area contributed by atoms with Crippen LogP contribution in [-0.2, 0) is 0 Å². The molecule has 0 saturated carbocycles. The van der Waals surface area contributed by atoms with Gasteiger partial charge in [0.15, 0.2) is 0 Å². The summed E-state index contributed by atoms with van der Waals surface area (Å²) in [6, 6.07) is 10.5. The zero-order valence-corrected chi connectivity index (χ0v) is 9.77. The molecule has 0 aliphatic heterocycles. The second kappa shape index (κ2) is 5.89. The standard InChI is InChI=1S/C13H21NO/c1-10(2)11(3)14-13(9-15)12-7-5-4-6-8-12/h4-8,10-11,13-15H,9H2,1-3H3/t11-,13+/m0/s1. The lowest BCUT2D eigenvalue weighted by molar-refractivity contribution is 0.225. The average molecular weight is 207 g/mol. The van der Waals surface area contributed by atoms with E-state index in [1.54, 1.807) is 0 Å². The van der Waals surface area contributed by atoms with Crippen LogP contribution in [0.5, 0.6) is 0 Å². The van der Waals surface area contributed by atoms with Crippen LogP contribution in [0.4, 0.5) is 0 Å². The predicted molar refractivity (Wildman–Crippen MR) is 63.7 cm³/mol. The molecule has 0 bridgehead atoms. The number of hydrogen-bond donors (Lipinski definition) is 2. The molecule has 0 saturated heterocycles. The molecule has 0 amide bonds. The summed E-state index contributed by atoms with van der Waals surface area (Å²) in [5.41, 5.74) is 1.15. The van der Waals surface area contributed by atoms with Crippen molar-refractivity contribution < 1.29 is 5.11 Å². The molecule has 2 nitrogen and oxygen atoms in total. The maximum atomic E-state index is 9.35. The highest BCUT2D eigenvalue weighted by Gasteiger charge is 2.14. The highest BCUT2D eigenvalue weighted by molar-refractivity contribution is 5.19. The second-order valence-corrected chi connectivity index (χ2v) is 4.35. The van der Waals surface area contributed by atoms with E-state index in [0.717, 1.165) is 5.56 Å². The molecule has 0 unspecified atom stereocenters. The number of hydrogen-bond acceptors (Lipinski definition) is 2. The van der Waals surface area contributed by atoms with E-state index in [0.29, 0.717) is 12.0 Å². The fourth-order valence-corrected chi connectivity index (χ4v) is 1.45. The van der Waals surface area contributed by atoms with Crippen LogP contribution in [0.15, 0.2) is 30.3 Å². The lowest BCUT2D eigenvalue weighted by Crippen LogP contribution is -2.35.